The van der Waals surface area contributed by atoms with Crippen molar-refractivity contribution in [3.05, 3.63) is 35.9 Å². The van der Waals surface area contributed by atoms with Gasteiger partial charge in [0.15, 0.2) is 0 Å². The SMILES string of the molecule is CC(=O)NCCNS(=O)(=O)c1cccc(C=CC(=O)O)c1. The molecule has 1 aromatic carbocycles. The maximum absolute atomic E-state index is 12.0. The fourth-order valence-electron chi connectivity index (χ4n) is 1.46. The minimum atomic E-state index is -3.70. The van der Waals surface area contributed by atoms with Crippen LogP contribution in [-0.4, -0.2) is 38.5 Å². The number of sulfonamides is 1. The van der Waals surface area contributed by atoms with Crippen molar-refractivity contribution in [3.63, 3.8) is 0 Å². The summed E-state index contributed by atoms with van der Waals surface area (Å²) in [6.07, 6.45) is 2.23. The number of carbonyl (C=O) groups is 2. The molecule has 1 aromatic rings. The standard InChI is InChI=1S/C13H16N2O5S/c1-10(16)14-7-8-15-21(19,20)12-4-2-3-11(9-12)5-6-13(17)18/h2-6,9,15H,7-8H2,1H3,(H,14,16)(H,17,18). The Balaban J connectivity index is 2.76. The number of carboxylic acids is 1. The van der Waals surface area contributed by atoms with Crippen molar-refractivity contribution >= 4 is 28.0 Å². The molecule has 0 aromatic heterocycles. The molecule has 0 unspecified atom stereocenters. The Morgan fingerprint density at radius 1 is 1.29 bits per heavy atom. The number of aliphatic carboxylic acids is 1. The third kappa shape index (κ3) is 6.19. The van der Waals surface area contributed by atoms with Gasteiger partial charge in [-0.1, -0.05) is 12.1 Å². The Hall–Kier alpha value is -2.19. The van der Waals surface area contributed by atoms with Gasteiger partial charge in [-0.25, -0.2) is 17.9 Å². The average Bonchev–Trinajstić information content (AvgIpc) is 2.41. The molecule has 3 N–H and O–H groups in total. The molecule has 0 aliphatic rings. The number of carboxylic acid groups (broad SMARTS) is 1. The van der Waals surface area contributed by atoms with E-state index in [9.17, 15) is 18.0 Å². The lowest BCUT2D eigenvalue weighted by Gasteiger charge is -2.07. The minimum Gasteiger partial charge on any atom is -0.478 e. The maximum Gasteiger partial charge on any atom is 0.328 e. The number of carbonyl (C=O) groups excluding carboxylic acids is 1. The predicted molar refractivity (Wildman–Crippen MR) is 77.0 cm³/mol. The van der Waals surface area contributed by atoms with Crippen molar-refractivity contribution in [1.82, 2.24) is 10.0 Å². The molecule has 21 heavy (non-hydrogen) atoms. The molecule has 1 amide bonds. The molecule has 0 aliphatic carbocycles. The van der Waals surface area contributed by atoms with E-state index < -0.39 is 16.0 Å². The lowest BCUT2D eigenvalue weighted by Crippen LogP contribution is -2.33. The van der Waals surface area contributed by atoms with Crippen LogP contribution in [0.1, 0.15) is 12.5 Å². The summed E-state index contributed by atoms with van der Waals surface area (Å²) in [6, 6.07) is 5.87. The first-order valence-corrected chi connectivity index (χ1v) is 7.55. The molecular weight excluding hydrogens is 296 g/mol. The van der Waals surface area contributed by atoms with Crippen LogP contribution in [0, 0.1) is 0 Å². The van der Waals surface area contributed by atoms with Crippen LogP contribution in [0.3, 0.4) is 0 Å². The molecule has 0 spiro atoms. The summed E-state index contributed by atoms with van der Waals surface area (Å²) in [5.74, 6) is -1.35. The van der Waals surface area contributed by atoms with Gasteiger partial charge in [0.05, 0.1) is 4.90 Å². The van der Waals surface area contributed by atoms with Gasteiger partial charge in [0.25, 0.3) is 0 Å². The molecule has 0 saturated heterocycles. The van der Waals surface area contributed by atoms with Crippen LogP contribution in [0.15, 0.2) is 35.2 Å². The summed E-state index contributed by atoms with van der Waals surface area (Å²) in [4.78, 5) is 21.1. The van der Waals surface area contributed by atoms with Crippen molar-refractivity contribution in [1.29, 1.82) is 0 Å². The van der Waals surface area contributed by atoms with Crippen LogP contribution >= 0.6 is 0 Å². The molecule has 114 valence electrons. The zero-order chi connectivity index (χ0) is 15.9. The summed E-state index contributed by atoms with van der Waals surface area (Å²) in [5.41, 5.74) is 0.460. The fraction of sp³-hybridized carbons (Fsp3) is 0.231. The van der Waals surface area contributed by atoms with Gasteiger partial charge in [0.1, 0.15) is 0 Å². The summed E-state index contributed by atoms with van der Waals surface area (Å²) in [6.45, 7) is 1.59. The van der Waals surface area contributed by atoms with Crippen LogP contribution in [0.2, 0.25) is 0 Å². The highest BCUT2D eigenvalue weighted by atomic mass is 32.2. The summed E-state index contributed by atoms with van der Waals surface area (Å²) in [7, 11) is -3.70. The summed E-state index contributed by atoms with van der Waals surface area (Å²) >= 11 is 0. The Kier molecular flexibility index (Phi) is 6.07. The number of nitrogens with one attached hydrogen (secondary N) is 2. The lowest BCUT2D eigenvalue weighted by molar-refractivity contribution is -0.131. The average molecular weight is 312 g/mol. The zero-order valence-corrected chi connectivity index (χ0v) is 12.2. The topological polar surface area (TPSA) is 113 Å². The monoisotopic (exact) mass is 312 g/mol. The van der Waals surface area contributed by atoms with E-state index in [0.717, 1.165) is 6.08 Å². The van der Waals surface area contributed by atoms with E-state index in [1.165, 1.54) is 31.2 Å². The second-order valence-corrected chi connectivity index (χ2v) is 5.89. The number of amides is 1. The smallest absolute Gasteiger partial charge is 0.328 e. The third-order valence-corrected chi connectivity index (χ3v) is 3.84. The normalized spacial score (nSPS) is 11.5. The van der Waals surface area contributed by atoms with E-state index in [1.54, 1.807) is 6.07 Å². The van der Waals surface area contributed by atoms with E-state index in [4.69, 9.17) is 5.11 Å². The van der Waals surface area contributed by atoms with Gasteiger partial charge in [-0.2, -0.15) is 0 Å². The van der Waals surface area contributed by atoms with Crippen LogP contribution < -0.4 is 10.0 Å². The molecule has 0 aliphatic heterocycles. The highest BCUT2D eigenvalue weighted by Crippen LogP contribution is 2.12. The van der Waals surface area contributed by atoms with Gasteiger partial charge >= 0.3 is 5.97 Å². The van der Waals surface area contributed by atoms with Crippen LogP contribution in [0.4, 0.5) is 0 Å². The molecular formula is C13H16N2O5S. The summed E-state index contributed by atoms with van der Waals surface area (Å²) in [5, 5.41) is 11.0. The highest BCUT2D eigenvalue weighted by Gasteiger charge is 2.13. The van der Waals surface area contributed by atoms with E-state index >= 15 is 0 Å². The van der Waals surface area contributed by atoms with Crippen LogP contribution in [0.5, 0.6) is 0 Å². The van der Waals surface area contributed by atoms with E-state index in [2.05, 4.69) is 10.0 Å². The van der Waals surface area contributed by atoms with Gasteiger partial charge in [-0.05, 0) is 23.8 Å². The van der Waals surface area contributed by atoms with Gasteiger partial charge in [0.2, 0.25) is 15.9 Å². The van der Waals surface area contributed by atoms with Gasteiger partial charge in [-0.3, -0.25) is 4.79 Å². The Bertz CT molecular complexity index is 652. The van der Waals surface area contributed by atoms with Crippen molar-refractivity contribution < 1.29 is 23.1 Å². The van der Waals surface area contributed by atoms with Crippen molar-refractivity contribution in [2.24, 2.45) is 0 Å². The largest absolute Gasteiger partial charge is 0.478 e. The summed E-state index contributed by atoms with van der Waals surface area (Å²) < 4.78 is 26.3. The first kappa shape index (κ1) is 16.9. The van der Waals surface area contributed by atoms with E-state index in [1.807, 2.05) is 0 Å². The Morgan fingerprint density at radius 2 is 2.00 bits per heavy atom. The van der Waals surface area contributed by atoms with Crippen molar-refractivity contribution in [2.45, 2.75) is 11.8 Å². The maximum atomic E-state index is 12.0. The quantitative estimate of drug-likeness (QED) is 0.492. The van der Waals surface area contributed by atoms with Gasteiger partial charge < -0.3 is 10.4 Å². The molecule has 0 fully saturated rings. The molecule has 0 heterocycles. The predicted octanol–water partition coefficient (Wildman–Crippen LogP) is 0.199. The zero-order valence-electron chi connectivity index (χ0n) is 11.4. The molecule has 0 radical (unpaired) electrons. The number of benzene rings is 1. The molecule has 0 bridgehead atoms. The lowest BCUT2D eigenvalue weighted by atomic mass is 10.2. The highest BCUT2D eigenvalue weighted by molar-refractivity contribution is 7.89. The second-order valence-electron chi connectivity index (χ2n) is 4.12. The van der Waals surface area contributed by atoms with Crippen molar-refractivity contribution in [3.8, 4) is 0 Å². The Morgan fingerprint density at radius 3 is 2.62 bits per heavy atom. The minimum absolute atomic E-state index is 0.0258. The molecule has 0 atom stereocenters. The van der Waals surface area contributed by atoms with E-state index in [-0.39, 0.29) is 23.9 Å². The van der Waals surface area contributed by atoms with Gasteiger partial charge in [0, 0.05) is 26.1 Å². The van der Waals surface area contributed by atoms with E-state index in [0.29, 0.717) is 5.56 Å². The molecule has 7 nitrogen and oxygen atoms in total. The third-order valence-electron chi connectivity index (χ3n) is 2.38. The fourth-order valence-corrected chi connectivity index (χ4v) is 2.55. The second kappa shape index (κ2) is 7.55. The number of hydrogen-bond donors (Lipinski definition) is 3. The first-order valence-electron chi connectivity index (χ1n) is 6.06. The number of rotatable bonds is 7. The molecule has 8 heteroatoms. The van der Waals surface area contributed by atoms with Crippen LogP contribution in [-0.2, 0) is 19.6 Å². The molecule has 1 rings (SSSR count). The van der Waals surface area contributed by atoms with Crippen LogP contribution in [0.25, 0.3) is 6.08 Å². The molecule has 0 saturated carbocycles. The van der Waals surface area contributed by atoms with Gasteiger partial charge in [-0.15, -0.1) is 0 Å². The first-order chi connectivity index (χ1) is 9.81. The number of hydrogen-bond acceptors (Lipinski definition) is 4. The Labute approximate surface area is 122 Å². The van der Waals surface area contributed by atoms with Crippen molar-refractivity contribution in [2.75, 3.05) is 13.1 Å².